The highest BCUT2D eigenvalue weighted by atomic mass is 16.6. The Labute approximate surface area is 150 Å². The SMILES string of the molecule is O=c1[nH]c(N2CCCC2c2cccc3c2OCCO3)nc2ccccc12. The molecule has 132 valence electrons. The molecule has 3 aromatic rings. The molecule has 1 aromatic heterocycles. The summed E-state index contributed by atoms with van der Waals surface area (Å²) in [6.07, 6.45) is 2.02. The average molecular weight is 349 g/mol. The van der Waals surface area contributed by atoms with Crippen LogP contribution in [0, 0.1) is 0 Å². The zero-order valence-electron chi connectivity index (χ0n) is 14.3. The van der Waals surface area contributed by atoms with Gasteiger partial charge in [0, 0.05) is 12.1 Å². The minimum absolute atomic E-state index is 0.106. The topological polar surface area (TPSA) is 67.5 Å². The highest BCUT2D eigenvalue weighted by Gasteiger charge is 2.32. The van der Waals surface area contributed by atoms with Crippen LogP contribution in [0.3, 0.4) is 0 Å². The van der Waals surface area contributed by atoms with Crippen molar-refractivity contribution in [3.8, 4) is 11.5 Å². The van der Waals surface area contributed by atoms with Crippen LogP contribution in [0.1, 0.15) is 24.4 Å². The van der Waals surface area contributed by atoms with Crippen molar-refractivity contribution in [2.45, 2.75) is 18.9 Å². The smallest absolute Gasteiger partial charge is 0.260 e. The fourth-order valence-corrected chi connectivity index (χ4v) is 3.91. The lowest BCUT2D eigenvalue weighted by molar-refractivity contribution is 0.169. The lowest BCUT2D eigenvalue weighted by Gasteiger charge is -2.29. The van der Waals surface area contributed by atoms with Gasteiger partial charge in [0.1, 0.15) is 13.2 Å². The van der Waals surface area contributed by atoms with Gasteiger partial charge in [0.25, 0.3) is 5.56 Å². The maximum Gasteiger partial charge on any atom is 0.260 e. The van der Waals surface area contributed by atoms with Crippen LogP contribution in [0.25, 0.3) is 10.9 Å². The van der Waals surface area contributed by atoms with E-state index in [1.165, 1.54) is 0 Å². The molecular weight excluding hydrogens is 330 g/mol. The fourth-order valence-electron chi connectivity index (χ4n) is 3.91. The summed E-state index contributed by atoms with van der Waals surface area (Å²) < 4.78 is 11.6. The van der Waals surface area contributed by atoms with Crippen molar-refractivity contribution in [1.29, 1.82) is 0 Å². The predicted octanol–water partition coefficient (Wildman–Crippen LogP) is 3.04. The number of aromatic nitrogens is 2. The number of nitrogens with zero attached hydrogens (tertiary/aromatic N) is 2. The summed E-state index contributed by atoms with van der Waals surface area (Å²) in [6.45, 7) is 1.97. The standard InChI is InChI=1S/C20H19N3O3/c24-19-13-5-1-2-7-15(13)21-20(22-19)23-10-4-8-16(23)14-6-3-9-17-18(14)26-12-11-25-17/h1-3,5-7,9,16H,4,8,10-12H2,(H,21,22,24). The molecule has 0 bridgehead atoms. The number of fused-ring (bicyclic) bond motifs is 2. The minimum atomic E-state index is -0.106. The van der Waals surface area contributed by atoms with Gasteiger partial charge in [-0.05, 0) is 31.0 Å². The number of ether oxygens (including phenoxy) is 2. The fraction of sp³-hybridized carbons (Fsp3) is 0.300. The molecule has 0 aliphatic carbocycles. The zero-order chi connectivity index (χ0) is 17.5. The molecule has 2 aliphatic rings. The molecule has 0 spiro atoms. The highest BCUT2D eigenvalue weighted by Crippen LogP contribution is 2.43. The quantitative estimate of drug-likeness (QED) is 0.770. The van der Waals surface area contributed by atoms with E-state index >= 15 is 0 Å². The molecule has 6 heteroatoms. The van der Waals surface area contributed by atoms with Crippen LogP contribution in [0.2, 0.25) is 0 Å². The van der Waals surface area contributed by atoms with E-state index in [-0.39, 0.29) is 11.6 Å². The van der Waals surface area contributed by atoms with Crippen LogP contribution in [0.4, 0.5) is 5.95 Å². The van der Waals surface area contributed by atoms with Gasteiger partial charge in [-0.3, -0.25) is 9.78 Å². The zero-order valence-corrected chi connectivity index (χ0v) is 14.3. The normalized spacial score (nSPS) is 19.1. The number of benzene rings is 2. The van der Waals surface area contributed by atoms with Gasteiger partial charge in [-0.1, -0.05) is 24.3 Å². The molecule has 1 unspecified atom stereocenters. The minimum Gasteiger partial charge on any atom is -0.486 e. The van der Waals surface area contributed by atoms with Crippen LogP contribution < -0.4 is 19.9 Å². The first kappa shape index (κ1) is 15.3. The van der Waals surface area contributed by atoms with Crippen LogP contribution in [-0.2, 0) is 0 Å². The van der Waals surface area contributed by atoms with Crippen molar-refractivity contribution < 1.29 is 9.47 Å². The summed E-state index contributed by atoms with van der Waals surface area (Å²) in [4.78, 5) is 22.3. The summed E-state index contributed by atoms with van der Waals surface area (Å²) in [5.74, 6) is 2.23. The van der Waals surface area contributed by atoms with Crippen molar-refractivity contribution >= 4 is 16.9 Å². The summed E-state index contributed by atoms with van der Waals surface area (Å²) >= 11 is 0. The Balaban J connectivity index is 1.59. The molecule has 2 aliphatic heterocycles. The molecule has 3 heterocycles. The molecular formula is C20H19N3O3. The number of nitrogens with one attached hydrogen (secondary N) is 1. The lowest BCUT2D eigenvalue weighted by atomic mass is 10.0. The van der Waals surface area contributed by atoms with Gasteiger partial charge in [0.15, 0.2) is 11.5 Å². The predicted molar refractivity (Wildman–Crippen MR) is 99.1 cm³/mol. The summed E-state index contributed by atoms with van der Waals surface area (Å²) in [5, 5.41) is 0.612. The van der Waals surface area contributed by atoms with Crippen LogP contribution >= 0.6 is 0 Å². The van der Waals surface area contributed by atoms with Crippen molar-refractivity contribution in [3.05, 3.63) is 58.4 Å². The molecule has 0 radical (unpaired) electrons. The van der Waals surface area contributed by atoms with E-state index in [2.05, 4.69) is 16.0 Å². The summed E-state index contributed by atoms with van der Waals surface area (Å²) in [6, 6.07) is 13.5. The Morgan fingerprint density at radius 1 is 1.08 bits per heavy atom. The Bertz CT molecular complexity index is 1030. The van der Waals surface area contributed by atoms with Gasteiger partial charge in [0.05, 0.1) is 16.9 Å². The second-order valence-electron chi connectivity index (χ2n) is 6.63. The van der Waals surface area contributed by atoms with E-state index in [4.69, 9.17) is 14.5 Å². The number of H-pyrrole nitrogens is 1. The van der Waals surface area contributed by atoms with Crippen molar-refractivity contribution in [3.63, 3.8) is 0 Å². The van der Waals surface area contributed by atoms with Crippen molar-refractivity contribution in [1.82, 2.24) is 9.97 Å². The summed E-state index contributed by atoms with van der Waals surface area (Å²) in [5.41, 5.74) is 1.70. The van der Waals surface area contributed by atoms with Crippen LogP contribution in [-0.4, -0.2) is 29.7 Å². The van der Waals surface area contributed by atoms with E-state index < -0.39 is 0 Å². The average Bonchev–Trinajstić information content (AvgIpc) is 3.17. The monoisotopic (exact) mass is 349 g/mol. The maximum absolute atomic E-state index is 12.5. The van der Waals surface area contributed by atoms with Crippen LogP contribution in [0.15, 0.2) is 47.3 Å². The molecule has 1 N–H and O–H groups in total. The first-order valence-corrected chi connectivity index (χ1v) is 8.95. The van der Waals surface area contributed by atoms with Gasteiger partial charge in [-0.25, -0.2) is 4.98 Å². The van der Waals surface area contributed by atoms with E-state index in [1.54, 1.807) is 6.07 Å². The van der Waals surface area contributed by atoms with Crippen molar-refractivity contribution in [2.75, 3.05) is 24.7 Å². The molecule has 1 saturated heterocycles. The van der Waals surface area contributed by atoms with Gasteiger partial charge >= 0.3 is 0 Å². The number of hydrogen-bond acceptors (Lipinski definition) is 5. The number of anilines is 1. The number of hydrogen-bond donors (Lipinski definition) is 1. The van der Waals surface area contributed by atoms with Crippen molar-refractivity contribution in [2.24, 2.45) is 0 Å². The Hall–Kier alpha value is -3.02. The Kier molecular flexibility index (Phi) is 3.55. The Morgan fingerprint density at radius 3 is 2.92 bits per heavy atom. The van der Waals surface area contributed by atoms with Gasteiger partial charge in [0.2, 0.25) is 5.95 Å². The highest BCUT2D eigenvalue weighted by molar-refractivity contribution is 5.78. The first-order valence-electron chi connectivity index (χ1n) is 8.95. The van der Waals surface area contributed by atoms with Gasteiger partial charge in [-0.15, -0.1) is 0 Å². The number of rotatable bonds is 2. The molecule has 1 fully saturated rings. The second-order valence-corrected chi connectivity index (χ2v) is 6.63. The summed E-state index contributed by atoms with van der Waals surface area (Å²) in [7, 11) is 0. The Morgan fingerprint density at radius 2 is 1.96 bits per heavy atom. The van der Waals surface area contributed by atoms with Gasteiger partial charge < -0.3 is 14.4 Å². The van der Waals surface area contributed by atoms with E-state index in [9.17, 15) is 4.79 Å². The van der Waals surface area contributed by atoms with E-state index in [0.29, 0.717) is 30.1 Å². The first-order chi connectivity index (χ1) is 12.8. The third-order valence-corrected chi connectivity index (χ3v) is 5.08. The molecule has 0 saturated carbocycles. The number of para-hydroxylation sites is 2. The third kappa shape index (κ3) is 2.41. The molecule has 26 heavy (non-hydrogen) atoms. The van der Waals surface area contributed by atoms with E-state index in [0.717, 1.165) is 36.4 Å². The molecule has 0 amide bonds. The largest absolute Gasteiger partial charge is 0.486 e. The van der Waals surface area contributed by atoms with E-state index in [1.807, 2.05) is 30.3 Å². The number of aromatic amines is 1. The van der Waals surface area contributed by atoms with Crippen LogP contribution in [0.5, 0.6) is 11.5 Å². The maximum atomic E-state index is 12.5. The molecule has 1 atom stereocenters. The lowest BCUT2D eigenvalue weighted by Crippen LogP contribution is -2.28. The molecule has 5 rings (SSSR count). The molecule has 6 nitrogen and oxygen atoms in total. The second kappa shape index (κ2) is 6.05. The van der Waals surface area contributed by atoms with Gasteiger partial charge in [-0.2, -0.15) is 0 Å². The molecule has 2 aromatic carbocycles. The third-order valence-electron chi connectivity index (χ3n) is 5.08.